The molecule has 2 rings (SSSR count). The van der Waals surface area contributed by atoms with Crippen molar-refractivity contribution in [3.05, 3.63) is 35.6 Å². The van der Waals surface area contributed by atoms with E-state index < -0.39 is 0 Å². The van der Waals surface area contributed by atoms with Gasteiger partial charge in [-0.2, -0.15) is 0 Å². The summed E-state index contributed by atoms with van der Waals surface area (Å²) in [7, 11) is 0. The fraction of sp³-hybridized carbons (Fsp3) is 0.625. The molecule has 0 amide bonds. The second kappa shape index (κ2) is 7.01. The van der Waals surface area contributed by atoms with Crippen molar-refractivity contribution in [3.63, 3.8) is 0 Å². The van der Waals surface area contributed by atoms with E-state index in [1.807, 2.05) is 12.1 Å². The monoisotopic (exact) mass is 264 g/mol. The largest absolute Gasteiger partial charge is 0.310 e. The van der Waals surface area contributed by atoms with Crippen molar-refractivity contribution in [1.29, 1.82) is 0 Å². The van der Waals surface area contributed by atoms with Gasteiger partial charge in [-0.3, -0.25) is 0 Å². The highest BCUT2D eigenvalue weighted by molar-refractivity contribution is 5.15. The van der Waals surface area contributed by atoms with Crippen molar-refractivity contribution in [2.75, 3.05) is 13.1 Å². The number of likely N-dealkylation sites (tertiary alicyclic amines) is 1. The first-order chi connectivity index (χ1) is 9.15. The standard InChI is InChI=1S/C16H25FN2/c1-13(2)19-10-3-4-16(9-11-19)18-12-14-5-7-15(17)8-6-14/h5-8,13,16,18H,3-4,9-12H2,1-2H3. The number of benzene rings is 1. The van der Waals surface area contributed by atoms with Gasteiger partial charge in [-0.25, -0.2) is 4.39 Å². The number of hydrogen-bond acceptors (Lipinski definition) is 2. The normalized spacial score (nSPS) is 21.6. The Bertz CT molecular complexity index is 375. The van der Waals surface area contributed by atoms with Crippen LogP contribution in [0.25, 0.3) is 0 Å². The predicted molar refractivity (Wildman–Crippen MR) is 77.6 cm³/mol. The topological polar surface area (TPSA) is 15.3 Å². The predicted octanol–water partition coefficient (Wildman–Crippen LogP) is 3.18. The van der Waals surface area contributed by atoms with Crippen molar-refractivity contribution < 1.29 is 4.39 Å². The second-order valence-corrected chi connectivity index (χ2v) is 5.76. The summed E-state index contributed by atoms with van der Waals surface area (Å²) in [6.07, 6.45) is 3.71. The van der Waals surface area contributed by atoms with E-state index in [0.717, 1.165) is 12.1 Å². The highest BCUT2D eigenvalue weighted by atomic mass is 19.1. The molecule has 106 valence electrons. The van der Waals surface area contributed by atoms with Gasteiger partial charge in [-0.05, 0) is 63.9 Å². The van der Waals surface area contributed by atoms with Crippen molar-refractivity contribution >= 4 is 0 Å². The summed E-state index contributed by atoms with van der Waals surface area (Å²) < 4.78 is 12.8. The van der Waals surface area contributed by atoms with Crippen LogP contribution in [0.15, 0.2) is 24.3 Å². The maximum Gasteiger partial charge on any atom is 0.123 e. The van der Waals surface area contributed by atoms with E-state index in [-0.39, 0.29) is 5.82 Å². The van der Waals surface area contributed by atoms with Crippen LogP contribution in [0.4, 0.5) is 4.39 Å². The molecule has 1 aromatic rings. The highest BCUT2D eigenvalue weighted by Gasteiger charge is 2.17. The van der Waals surface area contributed by atoms with Crippen molar-refractivity contribution in [1.82, 2.24) is 10.2 Å². The van der Waals surface area contributed by atoms with E-state index in [4.69, 9.17) is 0 Å². The van der Waals surface area contributed by atoms with Gasteiger partial charge in [0.05, 0.1) is 0 Å². The average molecular weight is 264 g/mol. The maximum atomic E-state index is 12.8. The van der Waals surface area contributed by atoms with Gasteiger partial charge in [-0.15, -0.1) is 0 Å². The molecule has 0 bridgehead atoms. The third-order valence-corrected chi connectivity index (χ3v) is 4.00. The van der Waals surface area contributed by atoms with Gasteiger partial charge in [0, 0.05) is 18.6 Å². The summed E-state index contributed by atoms with van der Waals surface area (Å²) in [5.74, 6) is -0.161. The second-order valence-electron chi connectivity index (χ2n) is 5.76. The fourth-order valence-electron chi connectivity index (χ4n) is 2.70. The third-order valence-electron chi connectivity index (χ3n) is 4.00. The molecule has 0 radical (unpaired) electrons. The Morgan fingerprint density at radius 3 is 2.63 bits per heavy atom. The summed E-state index contributed by atoms with van der Waals surface area (Å²) in [5.41, 5.74) is 1.16. The molecule has 1 aromatic carbocycles. The molecule has 1 saturated heterocycles. The van der Waals surface area contributed by atoms with E-state index in [2.05, 4.69) is 24.1 Å². The SMILES string of the molecule is CC(C)N1CCCC(NCc2ccc(F)cc2)CC1. The summed E-state index contributed by atoms with van der Waals surface area (Å²) in [6.45, 7) is 7.77. The van der Waals surface area contributed by atoms with E-state index in [1.54, 1.807) is 0 Å². The molecule has 0 aliphatic carbocycles. The molecule has 0 aromatic heterocycles. The molecule has 1 aliphatic heterocycles. The minimum absolute atomic E-state index is 0.161. The van der Waals surface area contributed by atoms with Gasteiger partial charge >= 0.3 is 0 Å². The van der Waals surface area contributed by atoms with Crippen LogP contribution in [0.5, 0.6) is 0 Å². The molecule has 1 fully saturated rings. The zero-order valence-corrected chi connectivity index (χ0v) is 12.0. The molecular formula is C16H25FN2. The van der Waals surface area contributed by atoms with Crippen LogP contribution in [-0.2, 0) is 6.54 Å². The average Bonchev–Trinajstić information content (AvgIpc) is 2.63. The fourth-order valence-corrected chi connectivity index (χ4v) is 2.70. The molecule has 19 heavy (non-hydrogen) atoms. The number of nitrogens with one attached hydrogen (secondary N) is 1. The molecule has 2 nitrogen and oxygen atoms in total. The summed E-state index contributed by atoms with van der Waals surface area (Å²) >= 11 is 0. The molecule has 1 atom stereocenters. The van der Waals surface area contributed by atoms with Gasteiger partial charge in [0.25, 0.3) is 0 Å². The molecule has 1 N–H and O–H groups in total. The van der Waals surface area contributed by atoms with Crippen LogP contribution in [0.2, 0.25) is 0 Å². The lowest BCUT2D eigenvalue weighted by atomic mass is 10.1. The minimum atomic E-state index is -0.161. The smallest absolute Gasteiger partial charge is 0.123 e. The van der Waals surface area contributed by atoms with Gasteiger partial charge in [0.1, 0.15) is 5.82 Å². The molecule has 1 unspecified atom stereocenters. The number of nitrogens with zero attached hydrogens (tertiary/aromatic N) is 1. The van der Waals surface area contributed by atoms with Crippen LogP contribution in [0.3, 0.4) is 0 Å². The van der Waals surface area contributed by atoms with Gasteiger partial charge in [-0.1, -0.05) is 12.1 Å². The Kier molecular flexibility index (Phi) is 5.34. The van der Waals surface area contributed by atoms with Crippen molar-refractivity contribution in [2.24, 2.45) is 0 Å². The first-order valence-electron chi connectivity index (χ1n) is 7.37. The van der Waals surface area contributed by atoms with E-state index in [9.17, 15) is 4.39 Å². The Hall–Kier alpha value is -0.930. The highest BCUT2D eigenvalue weighted by Crippen LogP contribution is 2.14. The van der Waals surface area contributed by atoms with E-state index >= 15 is 0 Å². The molecule has 1 heterocycles. The molecule has 1 aliphatic rings. The minimum Gasteiger partial charge on any atom is -0.310 e. The van der Waals surface area contributed by atoms with Crippen LogP contribution >= 0.6 is 0 Å². The molecule has 0 spiro atoms. The number of rotatable bonds is 4. The Morgan fingerprint density at radius 2 is 1.95 bits per heavy atom. The van der Waals surface area contributed by atoms with Crippen molar-refractivity contribution in [2.45, 2.75) is 51.7 Å². The van der Waals surface area contributed by atoms with Crippen LogP contribution < -0.4 is 5.32 Å². The summed E-state index contributed by atoms with van der Waals surface area (Å²) in [4.78, 5) is 2.56. The van der Waals surface area contributed by atoms with E-state index in [0.29, 0.717) is 12.1 Å². The molecule has 3 heteroatoms. The van der Waals surface area contributed by atoms with Gasteiger partial charge in [0.15, 0.2) is 0 Å². The summed E-state index contributed by atoms with van der Waals surface area (Å²) in [5, 5.41) is 3.61. The van der Waals surface area contributed by atoms with E-state index in [1.165, 1.54) is 44.5 Å². The van der Waals surface area contributed by atoms with Gasteiger partial charge in [0.2, 0.25) is 0 Å². The number of halogens is 1. The van der Waals surface area contributed by atoms with Crippen molar-refractivity contribution in [3.8, 4) is 0 Å². The Morgan fingerprint density at radius 1 is 1.21 bits per heavy atom. The Labute approximate surface area is 116 Å². The number of hydrogen-bond donors (Lipinski definition) is 1. The maximum absolute atomic E-state index is 12.8. The van der Waals surface area contributed by atoms with Crippen LogP contribution in [0.1, 0.15) is 38.7 Å². The zero-order chi connectivity index (χ0) is 13.7. The van der Waals surface area contributed by atoms with Crippen LogP contribution in [0, 0.1) is 5.82 Å². The zero-order valence-electron chi connectivity index (χ0n) is 12.0. The first-order valence-corrected chi connectivity index (χ1v) is 7.37. The quantitative estimate of drug-likeness (QED) is 0.898. The lowest BCUT2D eigenvalue weighted by Gasteiger charge is -2.24. The third kappa shape index (κ3) is 4.59. The van der Waals surface area contributed by atoms with Gasteiger partial charge < -0.3 is 10.2 Å². The Balaban J connectivity index is 1.78. The lowest BCUT2D eigenvalue weighted by Crippen LogP contribution is -2.33. The molecule has 0 saturated carbocycles. The first kappa shape index (κ1) is 14.5. The van der Waals surface area contributed by atoms with Crippen LogP contribution in [-0.4, -0.2) is 30.1 Å². The lowest BCUT2D eigenvalue weighted by molar-refractivity contribution is 0.229. The summed E-state index contributed by atoms with van der Waals surface area (Å²) in [6, 6.07) is 8.03. The molecular weight excluding hydrogens is 239 g/mol.